The average Bonchev–Trinajstić information content (AvgIpc) is 3.08. The van der Waals surface area contributed by atoms with Crippen molar-refractivity contribution >= 4 is 23.3 Å². The fourth-order valence-electron chi connectivity index (χ4n) is 3.13. The number of benzene rings is 1. The van der Waals surface area contributed by atoms with Crippen molar-refractivity contribution in [3.8, 4) is 0 Å². The molecule has 1 heterocycles. The van der Waals surface area contributed by atoms with E-state index in [9.17, 15) is 9.59 Å². The lowest BCUT2D eigenvalue weighted by atomic mass is 9.87. The van der Waals surface area contributed by atoms with Gasteiger partial charge in [0.1, 0.15) is 0 Å². The number of ether oxygens (including phenoxy) is 1. The Morgan fingerprint density at radius 1 is 1.24 bits per heavy atom. The number of thioether (sulfide) groups is 1. The highest BCUT2D eigenvalue weighted by atomic mass is 32.2. The molecule has 4 rings (SSSR count). The summed E-state index contributed by atoms with van der Waals surface area (Å²) in [5, 5.41) is 0. The molecule has 0 amide bonds. The summed E-state index contributed by atoms with van der Waals surface area (Å²) in [5.74, 6) is 0.164. The molecule has 3 aliphatic rings. The Morgan fingerprint density at radius 2 is 2.06 bits per heavy atom. The summed E-state index contributed by atoms with van der Waals surface area (Å²) in [5.41, 5.74) is 0.736. The Hall–Kier alpha value is -1.13. The fraction of sp³-hybridized carbons (Fsp3) is 0.385. The van der Waals surface area contributed by atoms with Gasteiger partial charge < -0.3 is 4.74 Å². The van der Waals surface area contributed by atoms with Gasteiger partial charge in [0.15, 0.2) is 5.60 Å². The molecule has 0 bridgehead atoms. The van der Waals surface area contributed by atoms with Crippen LogP contribution >= 0.6 is 11.8 Å². The van der Waals surface area contributed by atoms with E-state index in [1.807, 2.05) is 18.2 Å². The number of ketones is 2. The van der Waals surface area contributed by atoms with Gasteiger partial charge in [-0.2, -0.15) is 0 Å². The Kier molecular flexibility index (Phi) is 1.63. The monoisotopic (exact) mass is 246 g/mol. The van der Waals surface area contributed by atoms with E-state index in [-0.39, 0.29) is 16.3 Å². The van der Waals surface area contributed by atoms with E-state index in [0.29, 0.717) is 18.6 Å². The first-order valence-corrected chi connectivity index (χ1v) is 6.66. The van der Waals surface area contributed by atoms with Gasteiger partial charge >= 0.3 is 0 Å². The minimum absolute atomic E-state index is 0.271. The van der Waals surface area contributed by atoms with E-state index in [0.717, 1.165) is 11.3 Å². The van der Waals surface area contributed by atoms with E-state index < -0.39 is 5.60 Å². The molecule has 2 fully saturated rings. The number of fused-ring (bicyclic) bond motifs is 1. The van der Waals surface area contributed by atoms with Crippen molar-refractivity contribution in [3.05, 3.63) is 35.4 Å². The van der Waals surface area contributed by atoms with Crippen LogP contribution in [0.4, 0.5) is 0 Å². The third kappa shape index (κ3) is 0.915. The van der Waals surface area contributed by atoms with E-state index in [1.54, 1.807) is 17.8 Å². The van der Waals surface area contributed by atoms with E-state index in [1.165, 1.54) is 0 Å². The Morgan fingerprint density at radius 3 is 2.94 bits per heavy atom. The second-order valence-corrected chi connectivity index (χ2v) is 6.13. The fourth-order valence-corrected chi connectivity index (χ4v) is 4.67. The zero-order valence-corrected chi connectivity index (χ0v) is 9.88. The van der Waals surface area contributed by atoms with Crippen molar-refractivity contribution in [2.24, 2.45) is 0 Å². The summed E-state index contributed by atoms with van der Waals surface area (Å²) in [6.07, 6.45) is 0.659. The highest BCUT2D eigenvalue weighted by Crippen LogP contribution is 2.71. The third-order valence-electron chi connectivity index (χ3n) is 3.99. The van der Waals surface area contributed by atoms with Gasteiger partial charge in [-0.15, -0.1) is 11.8 Å². The normalized spacial score (nSPS) is 38.1. The first-order valence-electron chi connectivity index (χ1n) is 5.68. The van der Waals surface area contributed by atoms with Crippen LogP contribution in [-0.2, 0) is 14.3 Å². The second-order valence-electron chi connectivity index (χ2n) is 4.73. The van der Waals surface area contributed by atoms with Crippen LogP contribution in [0.15, 0.2) is 24.3 Å². The maximum Gasteiger partial charge on any atom is 0.236 e. The van der Waals surface area contributed by atoms with Crippen molar-refractivity contribution in [2.45, 2.75) is 16.8 Å². The summed E-state index contributed by atoms with van der Waals surface area (Å²) < 4.78 is 5.41. The van der Waals surface area contributed by atoms with Crippen LogP contribution in [-0.4, -0.2) is 29.5 Å². The minimum atomic E-state index is -0.832. The minimum Gasteiger partial charge on any atom is -0.364 e. The molecular weight excluding hydrogens is 236 g/mol. The average molecular weight is 246 g/mol. The number of Topliss-reactive ketones (excluding diaryl/α,β-unsaturated/α-hetero) is 2. The van der Waals surface area contributed by atoms with Gasteiger partial charge in [0, 0.05) is 17.7 Å². The van der Waals surface area contributed by atoms with E-state index in [4.69, 9.17) is 4.74 Å². The highest BCUT2D eigenvalue weighted by molar-refractivity contribution is 8.00. The van der Waals surface area contributed by atoms with Gasteiger partial charge in [-0.3, -0.25) is 9.59 Å². The second kappa shape index (κ2) is 2.82. The van der Waals surface area contributed by atoms with Crippen molar-refractivity contribution in [1.29, 1.82) is 0 Å². The zero-order valence-electron chi connectivity index (χ0n) is 9.06. The van der Waals surface area contributed by atoms with Crippen LogP contribution in [0.3, 0.4) is 0 Å². The predicted octanol–water partition coefficient (Wildman–Crippen LogP) is 1.55. The summed E-state index contributed by atoms with van der Waals surface area (Å²) >= 11 is 1.76. The zero-order chi connectivity index (χ0) is 11.7. The summed E-state index contributed by atoms with van der Waals surface area (Å²) in [7, 11) is 0. The maximum absolute atomic E-state index is 12.2. The Labute approximate surface area is 103 Å². The smallest absolute Gasteiger partial charge is 0.236 e. The van der Waals surface area contributed by atoms with Crippen LogP contribution in [0.5, 0.6) is 0 Å². The number of rotatable bonds is 0. The molecule has 0 N–H and O–H groups in total. The molecule has 0 radical (unpaired) electrons. The largest absolute Gasteiger partial charge is 0.364 e. The molecule has 4 heteroatoms. The molecule has 17 heavy (non-hydrogen) atoms. The summed E-state index contributed by atoms with van der Waals surface area (Å²) in [6.45, 7) is 0.563. The van der Waals surface area contributed by atoms with Crippen molar-refractivity contribution in [3.63, 3.8) is 0 Å². The van der Waals surface area contributed by atoms with Gasteiger partial charge in [0.2, 0.25) is 11.6 Å². The molecule has 0 spiro atoms. The Balaban J connectivity index is 2.01. The van der Waals surface area contributed by atoms with Crippen LogP contribution in [0.25, 0.3) is 0 Å². The molecule has 2 atom stereocenters. The Bertz CT molecular complexity index is 568. The SMILES string of the molecule is O=C1C(=O)C23C[C@@]2(SCCO3)c2ccccc21. The topological polar surface area (TPSA) is 43.4 Å². The molecular formula is C13H10O3S. The lowest BCUT2D eigenvalue weighted by molar-refractivity contribution is -0.129. The molecule has 2 aliphatic carbocycles. The number of hydrogen-bond acceptors (Lipinski definition) is 4. The summed E-state index contributed by atoms with van der Waals surface area (Å²) in [4.78, 5) is 24.3. The van der Waals surface area contributed by atoms with Crippen LogP contribution < -0.4 is 0 Å². The quantitative estimate of drug-likeness (QED) is 0.651. The molecule has 1 aromatic rings. The predicted molar refractivity (Wildman–Crippen MR) is 63.2 cm³/mol. The lowest BCUT2D eigenvalue weighted by Crippen LogP contribution is -2.46. The lowest BCUT2D eigenvalue weighted by Gasteiger charge is -2.33. The summed E-state index contributed by atoms with van der Waals surface area (Å²) in [6, 6.07) is 7.45. The van der Waals surface area contributed by atoms with Crippen LogP contribution in [0.2, 0.25) is 0 Å². The molecule has 1 unspecified atom stereocenters. The highest BCUT2D eigenvalue weighted by Gasteiger charge is 2.79. The van der Waals surface area contributed by atoms with Crippen molar-refractivity contribution in [2.75, 3.05) is 12.4 Å². The number of carbonyl (C=O) groups is 2. The third-order valence-corrected chi connectivity index (χ3v) is 5.54. The first-order chi connectivity index (χ1) is 8.21. The van der Waals surface area contributed by atoms with Crippen molar-refractivity contribution in [1.82, 2.24) is 0 Å². The molecule has 1 aliphatic heterocycles. The van der Waals surface area contributed by atoms with Crippen molar-refractivity contribution < 1.29 is 14.3 Å². The standard InChI is InChI=1S/C13H10O3S/c14-10-8-3-1-2-4-9(8)13-7-12(13,11(10)15)16-5-6-17-13/h1-4H,5-7H2/t12?,13-/m1/s1. The molecule has 1 saturated heterocycles. The molecule has 1 saturated carbocycles. The van der Waals surface area contributed by atoms with Crippen LogP contribution in [0.1, 0.15) is 22.3 Å². The number of hydrogen-bond donors (Lipinski definition) is 0. The molecule has 3 nitrogen and oxygen atoms in total. The molecule has 0 aromatic heterocycles. The maximum atomic E-state index is 12.2. The molecule has 86 valence electrons. The van der Waals surface area contributed by atoms with Crippen LogP contribution in [0, 0.1) is 0 Å². The van der Waals surface area contributed by atoms with Gasteiger partial charge in [0.25, 0.3) is 0 Å². The van der Waals surface area contributed by atoms with E-state index in [2.05, 4.69) is 0 Å². The van der Waals surface area contributed by atoms with E-state index >= 15 is 0 Å². The van der Waals surface area contributed by atoms with Gasteiger partial charge in [0.05, 0.1) is 11.4 Å². The molecule has 1 aromatic carbocycles. The van der Waals surface area contributed by atoms with Gasteiger partial charge in [-0.1, -0.05) is 24.3 Å². The number of carbonyl (C=O) groups excluding carboxylic acids is 2. The first kappa shape index (κ1) is 9.85. The van der Waals surface area contributed by atoms with Gasteiger partial charge in [-0.05, 0) is 5.56 Å². The van der Waals surface area contributed by atoms with Gasteiger partial charge in [-0.25, -0.2) is 0 Å².